The Morgan fingerprint density at radius 3 is 2.30 bits per heavy atom. The Labute approximate surface area is 119 Å². The van der Waals surface area contributed by atoms with Gasteiger partial charge in [0.05, 0.1) is 17.8 Å². The first kappa shape index (κ1) is 15.0. The summed E-state index contributed by atoms with van der Waals surface area (Å²) in [6.07, 6.45) is 3.78. The van der Waals surface area contributed by atoms with E-state index < -0.39 is 11.9 Å². The summed E-state index contributed by atoms with van der Waals surface area (Å²) >= 11 is 0. The highest BCUT2D eigenvalue weighted by Gasteiger charge is 2.51. The summed E-state index contributed by atoms with van der Waals surface area (Å²) in [5.41, 5.74) is 0. The summed E-state index contributed by atoms with van der Waals surface area (Å²) in [5, 5.41) is 8.82. The normalized spacial score (nSPS) is 30.7. The van der Waals surface area contributed by atoms with Crippen LogP contribution < -0.4 is 0 Å². The third-order valence-electron chi connectivity index (χ3n) is 4.84. The minimum absolute atomic E-state index is 0.0288. The number of rotatable bonds is 6. The fourth-order valence-corrected chi connectivity index (χ4v) is 3.43. The van der Waals surface area contributed by atoms with Crippen LogP contribution in [0.5, 0.6) is 0 Å². The standard InChI is InChI=1S/C15H23NO4/c1-3-10-7-11-12(8-10)14(18)16(13(11)17)6-4-5-9(2)15(19)20/h9-12H,3-8H2,1-2H3,(H,19,20). The zero-order valence-corrected chi connectivity index (χ0v) is 12.2. The molecule has 2 fully saturated rings. The van der Waals surface area contributed by atoms with Gasteiger partial charge < -0.3 is 5.11 Å². The predicted molar refractivity (Wildman–Crippen MR) is 72.7 cm³/mol. The minimum atomic E-state index is -0.827. The average Bonchev–Trinajstić information content (AvgIpc) is 2.93. The molecular weight excluding hydrogens is 258 g/mol. The maximum atomic E-state index is 12.3. The van der Waals surface area contributed by atoms with Gasteiger partial charge in [-0.1, -0.05) is 20.3 Å². The van der Waals surface area contributed by atoms with Gasteiger partial charge in [-0.2, -0.15) is 0 Å². The van der Waals surface area contributed by atoms with Gasteiger partial charge in [-0.15, -0.1) is 0 Å². The Morgan fingerprint density at radius 1 is 1.30 bits per heavy atom. The molecule has 1 heterocycles. The largest absolute Gasteiger partial charge is 0.481 e. The van der Waals surface area contributed by atoms with Crippen molar-refractivity contribution in [1.82, 2.24) is 4.90 Å². The first-order valence-corrected chi connectivity index (χ1v) is 7.53. The maximum Gasteiger partial charge on any atom is 0.306 e. The molecule has 0 bridgehead atoms. The van der Waals surface area contributed by atoms with Crippen molar-refractivity contribution in [3.05, 3.63) is 0 Å². The summed E-state index contributed by atoms with van der Waals surface area (Å²) in [4.78, 5) is 36.6. The number of hydrogen-bond donors (Lipinski definition) is 1. The van der Waals surface area contributed by atoms with Gasteiger partial charge in [-0.25, -0.2) is 0 Å². The molecule has 2 rings (SSSR count). The van der Waals surface area contributed by atoms with Crippen molar-refractivity contribution in [1.29, 1.82) is 0 Å². The van der Waals surface area contributed by atoms with E-state index >= 15 is 0 Å². The molecule has 5 heteroatoms. The molecule has 1 saturated heterocycles. The Kier molecular flexibility index (Phi) is 4.45. The van der Waals surface area contributed by atoms with E-state index in [4.69, 9.17) is 5.11 Å². The number of carbonyl (C=O) groups is 3. The molecule has 20 heavy (non-hydrogen) atoms. The molecule has 3 atom stereocenters. The van der Waals surface area contributed by atoms with Gasteiger partial charge in [0.15, 0.2) is 0 Å². The number of likely N-dealkylation sites (tertiary alicyclic amines) is 1. The van der Waals surface area contributed by atoms with E-state index in [9.17, 15) is 14.4 Å². The molecule has 0 aromatic heterocycles. The van der Waals surface area contributed by atoms with Crippen LogP contribution in [0.4, 0.5) is 0 Å². The number of hydrogen-bond acceptors (Lipinski definition) is 3. The summed E-state index contributed by atoms with van der Waals surface area (Å²) in [5.74, 6) is -1.02. The number of aliphatic carboxylic acids is 1. The summed E-state index contributed by atoms with van der Waals surface area (Å²) in [6, 6.07) is 0. The molecule has 1 N–H and O–H groups in total. The predicted octanol–water partition coefficient (Wildman–Crippen LogP) is 1.91. The second kappa shape index (κ2) is 5.94. The number of imide groups is 1. The topological polar surface area (TPSA) is 74.7 Å². The van der Waals surface area contributed by atoms with Crippen molar-refractivity contribution >= 4 is 17.8 Å². The fourth-order valence-electron chi connectivity index (χ4n) is 3.43. The molecule has 0 radical (unpaired) electrons. The lowest BCUT2D eigenvalue weighted by Gasteiger charge is -2.17. The maximum absolute atomic E-state index is 12.3. The van der Waals surface area contributed by atoms with E-state index in [0.29, 0.717) is 25.3 Å². The molecule has 1 aliphatic carbocycles. The lowest BCUT2D eigenvalue weighted by Crippen LogP contribution is -2.33. The second-order valence-corrected chi connectivity index (χ2v) is 6.17. The third kappa shape index (κ3) is 2.72. The van der Waals surface area contributed by atoms with Gasteiger partial charge in [0.2, 0.25) is 11.8 Å². The van der Waals surface area contributed by atoms with Crippen molar-refractivity contribution in [2.75, 3.05) is 6.54 Å². The van der Waals surface area contributed by atoms with Crippen LogP contribution in [0.25, 0.3) is 0 Å². The number of nitrogens with zero attached hydrogens (tertiary/aromatic N) is 1. The van der Waals surface area contributed by atoms with Crippen LogP contribution in [-0.2, 0) is 14.4 Å². The lowest BCUT2D eigenvalue weighted by atomic mass is 10.00. The van der Waals surface area contributed by atoms with Gasteiger partial charge in [0.1, 0.15) is 0 Å². The molecule has 2 amide bonds. The third-order valence-corrected chi connectivity index (χ3v) is 4.84. The van der Waals surface area contributed by atoms with Gasteiger partial charge in [-0.05, 0) is 31.6 Å². The number of carboxylic acid groups (broad SMARTS) is 1. The van der Waals surface area contributed by atoms with Gasteiger partial charge in [0, 0.05) is 6.54 Å². The highest BCUT2D eigenvalue weighted by molar-refractivity contribution is 6.05. The molecule has 1 aliphatic heterocycles. The van der Waals surface area contributed by atoms with Crippen molar-refractivity contribution in [3.8, 4) is 0 Å². The first-order valence-electron chi connectivity index (χ1n) is 7.53. The highest BCUT2D eigenvalue weighted by Crippen LogP contribution is 2.44. The number of fused-ring (bicyclic) bond motifs is 1. The quantitative estimate of drug-likeness (QED) is 0.755. The Hall–Kier alpha value is -1.39. The van der Waals surface area contributed by atoms with Crippen LogP contribution in [0.1, 0.15) is 46.0 Å². The second-order valence-electron chi connectivity index (χ2n) is 6.17. The molecule has 2 aliphatic rings. The molecule has 5 nitrogen and oxygen atoms in total. The van der Waals surface area contributed by atoms with Crippen LogP contribution in [0.2, 0.25) is 0 Å². The van der Waals surface area contributed by atoms with Gasteiger partial charge in [0.25, 0.3) is 0 Å². The molecule has 3 unspecified atom stereocenters. The van der Waals surface area contributed by atoms with Crippen LogP contribution >= 0.6 is 0 Å². The van der Waals surface area contributed by atoms with Gasteiger partial charge in [-0.3, -0.25) is 19.3 Å². The highest BCUT2D eigenvalue weighted by atomic mass is 16.4. The molecule has 0 aromatic carbocycles. The van der Waals surface area contributed by atoms with E-state index in [0.717, 1.165) is 19.3 Å². The molecule has 1 saturated carbocycles. The van der Waals surface area contributed by atoms with E-state index in [2.05, 4.69) is 6.92 Å². The van der Waals surface area contributed by atoms with Crippen molar-refractivity contribution in [3.63, 3.8) is 0 Å². The van der Waals surface area contributed by atoms with Gasteiger partial charge >= 0.3 is 5.97 Å². The number of carboxylic acids is 1. The first-order chi connectivity index (χ1) is 9.45. The SMILES string of the molecule is CCC1CC2C(=O)N(CCCC(C)C(=O)O)C(=O)C2C1. The molecule has 112 valence electrons. The van der Waals surface area contributed by atoms with Crippen LogP contribution in [0.3, 0.4) is 0 Å². The van der Waals surface area contributed by atoms with E-state index in [1.807, 2.05) is 0 Å². The molecule has 0 aromatic rings. The van der Waals surface area contributed by atoms with Crippen molar-refractivity contribution in [2.45, 2.75) is 46.0 Å². The van der Waals surface area contributed by atoms with E-state index in [1.54, 1.807) is 6.92 Å². The van der Waals surface area contributed by atoms with Crippen LogP contribution in [0, 0.1) is 23.7 Å². The zero-order chi connectivity index (χ0) is 14.9. The van der Waals surface area contributed by atoms with Crippen molar-refractivity contribution in [2.24, 2.45) is 23.7 Å². The van der Waals surface area contributed by atoms with E-state index in [-0.39, 0.29) is 23.7 Å². The fraction of sp³-hybridized carbons (Fsp3) is 0.800. The van der Waals surface area contributed by atoms with E-state index in [1.165, 1.54) is 4.90 Å². The summed E-state index contributed by atoms with van der Waals surface area (Å²) < 4.78 is 0. The van der Waals surface area contributed by atoms with Crippen LogP contribution in [0.15, 0.2) is 0 Å². The molecule has 0 spiro atoms. The Bertz CT molecular complexity index is 396. The summed E-state index contributed by atoms with van der Waals surface area (Å²) in [6.45, 7) is 4.13. The molecular formula is C15H23NO4. The van der Waals surface area contributed by atoms with Crippen LogP contribution in [-0.4, -0.2) is 34.3 Å². The number of amides is 2. The average molecular weight is 281 g/mol. The monoisotopic (exact) mass is 281 g/mol. The Balaban J connectivity index is 1.87. The summed E-state index contributed by atoms with van der Waals surface area (Å²) in [7, 11) is 0. The lowest BCUT2D eigenvalue weighted by molar-refractivity contribution is -0.141. The minimum Gasteiger partial charge on any atom is -0.481 e. The van der Waals surface area contributed by atoms with Crippen molar-refractivity contribution < 1.29 is 19.5 Å². The number of carbonyl (C=O) groups excluding carboxylic acids is 2. The Morgan fingerprint density at radius 2 is 1.85 bits per heavy atom. The zero-order valence-electron chi connectivity index (χ0n) is 12.2. The smallest absolute Gasteiger partial charge is 0.306 e.